The molecule has 96 valence electrons. The fourth-order valence-corrected chi connectivity index (χ4v) is 2.20. The molecule has 0 spiro atoms. The zero-order valence-electron chi connectivity index (χ0n) is 10.5. The van der Waals surface area contributed by atoms with E-state index in [1.54, 1.807) is 6.07 Å². The maximum atomic E-state index is 13.3. The molecule has 0 atom stereocenters. The molecule has 4 heteroatoms. The Hall–Kier alpha value is -2.93. The van der Waals surface area contributed by atoms with E-state index in [1.165, 1.54) is 18.3 Å². The highest BCUT2D eigenvalue weighted by Crippen LogP contribution is 2.28. The predicted molar refractivity (Wildman–Crippen MR) is 76.3 cm³/mol. The highest BCUT2D eigenvalue weighted by atomic mass is 19.1. The van der Waals surface area contributed by atoms with Crippen molar-refractivity contribution in [1.29, 1.82) is 5.26 Å². The number of halogens is 1. The van der Waals surface area contributed by atoms with Crippen LogP contribution in [0.3, 0.4) is 0 Å². The summed E-state index contributed by atoms with van der Waals surface area (Å²) in [5, 5.41) is 10.5. The highest BCUT2D eigenvalue weighted by molar-refractivity contribution is 5.97. The van der Waals surface area contributed by atoms with E-state index in [1.807, 2.05) is 24.3 Å². The molecule has 3 nitrogen and oxygen atoms in total. The second-order valence-electron chi connectivity index (χ2n) is 4.44. The van der Waals surface area contributed by atoms with Gasteiger partial charge in [-0.05, 0) is 29.3 Å². The first kappa shape index (κ1) is 12.1. The monoisotopic (exact) mass is 263 g/mol. The largest absolute Gasteiger partial charge is 0.383 e. The Labute approximate surface area is 115 Å². The fourth-order valence-electron chi connectivity index (χ4n) is 2.20. The summed E-state index contributed by atoms with van der Waals surface area (Å²) in [4.78, 5) is 4.01. The first-order chi connectivity index (χ1) is 9.69. The number of hydrogen-bond acceptors (Lipinski definition) is 3. The van der Waals surface area contributed by atoms with Crippen LogP contribution >= 0.6 is 0 Å². The Bertz CT molecular complexity index is 850. The molecule has 3 rings (SSSR count). The Morgan fingerprint density at radius 1 is 1.05 bits per heavy atom. The summed E-state index contributed by atoms with van der Waals surface area (Å²) in [7, 11) is 0. The van der Waals surface area contributed by atoms with Crippen LogP contribution in [0.1, 0.15) is 5.56 Å². The summed E-state index contributed by atoms with van der Waals surface area (Å²) < 4.78 is 13.3. The second kappa shape index (κ2) is 4.63. The van der Waals surface area contributed by atoms with Gasteiger partial charge >= 0.3 is 0 Å². The summed E-state index contributed by atoms with van der Waals surface area (Å²) in [5.41, 5.74) is 7.93. The van der Waals surface area contributed by atoms with Crippen molar-refractivity contribution in [3.8, 4) is 17.2 Å². The maximum Gasteiger partial charge on any atom is 0.131 e. The van der Waals surface area contributed by atoms with Gasteiger partial charge in [0, 0.05) is 17.0 Å². The molecule has 0 saturated heterocycles. The van der Waals surface area contributed by atoms with Crippen molar-refractivity contribution in [2.24, 2.45) is 0 Å². The molecule has 3 aromatic rings. The summed E-state index contributed by atoms with van der Waals surface area (Å²) in [5.74, 6) is 0.0664. The topological polar surface area (TPSA) is 62.7 Å². The van der Waals surface area contributed by atoms with Crippen molar-refractivity contribution < 1.29 is 4.39 Å². The average molecular weight is 263 g/mol. The summed E-state index contributed by atoms with van der Waals surface area (Å²) in [6.07, 6.45) is 1.46. The van der Waals surface area contributed by atoms with Gasteiger partial charge in [0.15, 0.2) is 0 Å². The third kappa shape index (κ3) is 1.95. The van der Waals surface area contributed by atoms with E-state index in [-0.39, 0.29) is 5.82 Å². The van der Waals surface area contributed by atoms with Crippen molar-refractivity contribution in [2.45, 2.75) is 0 Å². The lowest BCUT2D eigenvalue weighted by molar-refractivity contribution is 0.628. The van der Waals surface area contributed by atoms with Gasteiger partial charge in [-0.15, -0.1) is 0 Å². The number of rotatable bonds is 1. The van der Waals surface area contributed by atoms with Crippen molar-refractivity contribution in [3.05, 3.63) is 60.0 Å². The number of nitrogens with zero attached hydrogens (tertiary/aromatic N) is 2. The minimum absolute atomic E-state index is 0.292. The molecule has 0 aliphatic rings. The van der Waals surface area contributed by atoms with Crippen LogP contribution in [0.15, 0.2) is 48.7 Å². The van der Waals surface area contributed by atoms with Gasteiger partial charge in [0.25, 0.3) is 0 Å². The lowest BCUT2D eigenvalue weighted by Crippen LogP contribution is -1.94. The number of nitriles is 1. The molecule has 0 radical (unpaired) electrons. The molecule has 1 aromatic heterocycles. The van der Waals surface area contributed by atoms with E-state index in [4.69, 9.17) is 11.0 Å². The zero-order chi connectivity index (χ0) is 14.1. The predicted octanol–water partition coefficient (Wildman–Crippen LogP) is 3.49. The number of hydrogen-bond donors (Lipinski definition) is 1. The molecule has 0 bridgehead atoms. The Morgan fingerprint density at radius 3 is 2.60 bits per heavy atom. The number of benzene rings is 2. The molecule has 0 aliphatic carbocycles. The van der Waals surface area contributed by atoms with Gasteiger partial charge < -0.3 is 5.73 Å². The normalized spacial score (nSPS) is 10.4. The quantitative estimate of drug-likeness (QED) is 0.731. The van der Waals surface area contributed by atoms with Gasteiger partial charge in [-0.25, -0.2) is 9.37 Å². The van der Waals surface area contributed by atoms with Gasteiger partial charge in [-0.2, -0.15) is 5.26 Å². The molecule has 2 N–H and O–H groups in total. The zero-order valence-corrected chi connectivity index (χ0v) is 10.5. The number of anilines is 1. The summed E-state index contributed by atoms with van der Waals surface area (Å²) in [6.45, 7) is 0. The minimum atomic E-state index is -0.292. The number of pyridine rings is 1. The van der Waals surface area contributed by atoms with Crippen molar-refractivity contribution in [3.63, 3.8) is 0 Å². The van der Waals surface area contributed by atoms with Gasteiger partial charge in [-0.3, -0.25) is 0 Å². The van der Waals surface area contributed by atoms with Gasteiger partial charge in [0.2, 0.25) is 0 Å². The second-order valence-corrected chi connectivity index (χ2v) is 4.44. The smallest absolute Gasteiger partial charge is 0.131 e. The molecule has 1 heterocycles. The number of fused-ring (bicyclic) bond motifs is 1. The number of nitrogen functional groups attached to an aromatic ring is 1. The van der Waals surface area contributed by atoms with Crippen molar-refractivity contribution in [2.75, 3.05) is 5.73 Å². The van der Waals surface area contributed by atoms with Gasteiger partial charge in [0.05, 0.1) is 5.56 Å². The number of aromatic nitrogens is 1. The summed E-state index contributed by atoms with van der Waals surface area (Å²) in [6, 6.07) is 13.9. The minimum Gasteiger partial charge on any atom is -0.383 e. The third-order valence-corrected chi connectivity index (χ3v) is 3.20. The molecule has 0 fully saturated rings. The molecule has 0 saturated carbocycles. The molecule has 0 unspecified atom stereocenters. The SMILES string of the molecule is N#Cc1cnc(N)c2cc(-c3cccc(F)c3)ccc12. The molecule has 20 heavy (non-hydrogen) atoms. The van der Waals surface area contributed by atoms with Crippen LogP contribution in [0.2, 0.25) is 0 Å². The van der Waals surface area contributed by atoms with Crippen LogP contribution in [0.5, 0.6) is 0 Å². The van der Waals surface area contributed by atoms with E-state index >= 15 is 0 Å². The number of nitrogens with two attached hydrogens (primary N) is 1. The standard InChI is InChI=1S/C16H10FN3/c17-13-3-1-2-10(6-13)11-4-5-14-12(8-18)9-20-16(19)15(14)7-11/h1-7,9H,(H2,19,20). The van der Waals surface area contributed by atoms with Gasteiger partial charge in [0.1, 0.15) is 17.7 Å². The van der Waals surface area contributed by atoms with E-state index in [0.29, 0.717) is 16.8 Å². The Kier molecular flexibility index (Phi) is 2.81. The lowest BCUT2D eigenvalue weighted by atomic mass is 10.00. The van der Waals surface area contributed by atoms with Crippen molar-refractivity contribution >= 4 is 16.6 Å². The Balaban J connectivity index is 2.26. The van der Waals surface area contributed by atoms with Crippen LogP contribution in [0, 0.1) is 17.1 Å². The third-order valence-electron chi connectivity index (χ3n) is 3.20. The van der Waals surface area contributed by atoms with Gasteiger partial charge in [-0.1, -0.05) is 24.3 Å². The van der Waals surface area contributed by atoms with E-state index in [0.717, 1.165) is 16.5 Å². The Morgan fingerprint density at radius 2 is 1.85 bits per heavy atom. The van der Waals surface area contributed by atoms with Crippen LogP contribution in [0.25, 0.3) is 21.9 Å². The molecular formula is C16H10FN3. The average Bonchev–Trinajstić information content (AvgIpc) is 2.47. The van der Waals surface area contributed by atoms with Crippen LogP contribution in [-0.2, 0) is 0 Å². The van der Waals surface area contributed by atoms with Crippen LogP contribution in [-0.4, -0.2) is 4.98 Å². The molecule has 0 amide bonds. The lowest BCUT2D eigenvalue weighted by Gasteiger charge is -2.07. The fraction of sp³-hybridized carbons (Fsp3) is 0. The van der Waals surface area contributed by atoms with E-state index in [9.17, 15) is 4.39 Å². The summed E-state index contributed by atoms with van der Waals surface area (Å²) >= 11 is 0. The molecule has 0 aliphatic heterocycles. The van der Waals surface area contributed by atoms with E-state index in [2.05, 4.69) is 11.1 Å². The highest BCUT2D eigenvalue weighted by Gasteiger charge is 2.07. The first-order valence-corrected chi connectivity index (χ1v) is 6.03. The van der Waals surface area contributed by atoms with Crippen molar-refractivity contribution in [1.82, 2.24) is 4.98 Å². The molecular weight excluding hydrogens is 253 g/mol. The first-order valence-electron chi connectivity index (χ1n) is 6.03. The maximum absolute atomic E-state index is 13.3. The van der Waals surface area contributed by atoms with Crippen LogP contribution < -0.4 is 5.73 Å². The van der Waals surface area contributed by atoms with E-state index < -0.39 is 0 Å². The molecule has 2 aromatic carbocycles. The van der Waals surface area contributed by atoms with Crippen LogP contribution in [0.4, 0.5) is 10.2 Å².